The van der Waals surface area contributed by atoms with Crippen LogP contribution in [0.1, 0.15) is 18.7 Å². The average Bonchev–Trinajstić information content (AvgIpc) is 3.07. The van der Waals surface area contributed by atoms with Crippen molar-refractivity contribution in [3.63, 3.8) is 0 Å². The van der Waals surface area contributed by atoms with E-state index >= 15 is 0 Å². The predicted octanol–water partition coefficient (Wildman–Crippen LogP) is 2.82. The van der Waals surface area contributed by atoms with Gasteiger partial charge in [-0.25, -0.2) is 14.8 Å². The molecule has 6 heteroatoms. The molecule has 1 aromatic carbocycles. The largest absolute Gasteiger partial charge is 0.479 e. The summed E-state index contributed by atoms with van der Waals surface area (Å²) in [5.74, 6) is 0.847. The smallest absolute Gasteiger partial charge is 0.330 e. The van der Waals surface area contributed by atoms with Crippen LogP contribution in [0.4, 0.5) is 5.82 Å². The summed E-state index contributed by atoms with van der Waals surface area (Å²) in [5.41, 5.74) is 0.0361. The maximum Gasteiger partial charge on any atom is 0.330 e. The van der Waals surface area contributed by atoms with E-state index in [0.29, 0.717) is 25.9 Å². The molecule has 0 bridgehead atoms. The van der Waals surface area contributed by atoms with Gasteiger partial charge in [0, 0.05) is 30.9 Å². The van der Waals surface area contributed by atoms with Crippen molar-refractivity contribution in [2.24, 2.45) is 0 Å². The number of aromatic nitrogens is 3. The van der Waals surface area contributed by atoms with Crippen molar-refractivity contribution in [2.45, 2.75) is 25.3 Å². The summed E-state index contributed by atoms with van der Waals surface area (Å²) < 4.78 is 1.81. The van der Waals surface area contributed by atoms with Gasteiger partial charge < -0.3 is 14.6 Å². The molecule has 0 radical (unpaired) electrons. The molecule has 25 heavy (non-hydrogen) atoms. The zero-order chi connectivity index (χ0) is 17.4. The minimum Gasteiger partial charge on any atom is -0.479 e. The van der Waals surface area contributed by atoms with Gasteiger partial charge in [0.15, 0.2) is 0 Å². The van der Waals surface area contributed by atoms with Crippen LogP contribution in [-0.4, -0.2) is 38.7 Å². The van der Waals surface area contributed by atoms with Gasteiger partial charge in [-0.05, 0) is 38.0 Å². The lowest BCUT2D eigenvalue weighted by Crippen LogP contribution is -2.51. The van der Waals surface area contributed by atoms with Gasteiger partial charge in [-0.1, -0.05) is 18.2 Å². The lowest BCUT2D eigenvalue weighted by molar-refractivity contribution is -0.149. The number of pyridine rings is 1. The van der Waals surface area contributed by atoms with Gasteiger partial charge in [-0.2, -0.15) is 0 Å². The highest BCUT2D eigenvalue weighted by Gasteiger charge is 2.44. The van der Waals surface area contributed by atoms with Gasteiger partial charge in [-0.3, -0.25) is 0 Å². The first-order chi connectivity index (χ1) is 12.1. The van der Waals surface area contributed by atoms with E-state index in [9.17, 15) is 9.90 Å². The minimum atomic E-state index is -0.923. The number of carboxylic acids is 1. The molecule has 1 fully saturated rings. The number of imidazole rings is 1. The summed E-state index contributed by atoms with van der Waals surface area (Å²) >= 11 is 0. The molecule has 1 saturated heterocycles. The standard InChI is InChI=1S/C19H20N4O2/c1-14-20-10-13-23(14)19(18(24)25)8-11-22(12-9-19)17-7-6-15-4-2-3-5-16(15)21-17/h2-7,10,13H,8-9,11-12H2,1H3,(H,24,25). The molecular formula is C19H20N4O2. The van der Waals surface area contributed by atoms with E-state index in [2.05, 4.69) is 16.0 Å². The van der Waals surface area contributed by atoms with Gasteiger partial charge in [0.2, 0.25) is 0 Å². The molecule has 128 valence electrons. The summed E-state index contributed by atoms with van der Waals surface area (Å²) in [7, 11) is 0. The van der Waals surface area contributed by atoms with E-state index in [1.54, 1.807) is 17.0 Å². The van der Waals surface area contributed by atoms with Crippen molar-refractivity contribution in [3.8, 4) is 0 Å². The molecule has 1 N–H and O–H groups in total. The summed E-state index contributed by atoms with van der Waals surface area (Å²) in [6.45, 7) is 3.15. The monoisotopic (exact) mass is 336 g/mol. The molecular weight excluding hydrogens is 316 g/mol. The van der Waals surface area contributed by atoms with Crippen LogP contribution in [0.15, 0.2) is 48.8 Å². The Kier molecular flexibility index (Phi) is 3.67. The van der Waals surface area contributed by atoms with Crippen molar-refractivity contribution >= 4 is 22.7 Å². The third-order valence-electron chi connectivity index (χ3n) is 5.18. The summed E-state index contributed by atoms with van der Waals surface area (Å²) in [6.07, 6.45) is 4.48. The third kappa shape index (κ3) is 2.54. The number of piperidine rings is 1. The molecule has 0 unspecified atom stereocenters. The number of fused-ring (bicyclic) bond motifs is 1. The van der Waals surface area contributed by atoms with E-state index in [1.807, 2.05) is 37.3 Å². The summed E-state index contributed by atoms with van der Waals surface area (Å²) in [6, 6.07) is 12.1. The summed E-state index contributed by atoms with van der Waals surface area (Å²) in [5, 5.41) is 11.0. The fourth-order valence-corrected chi connectivity index (χ4v) is 3.73. The molecule has 1 aliphatic rings. The van der Waals surface area contributed by atoms with Gasteiger partial charge in [0.05, 0.1) is 5.52 Å². The van der Waals surface area contributed by atoms with Crippen LogP contribution in [0.25, 0.3) is 10.9 Å². The SMILES string of the molecule is Cc1nccn1C1(C(=O)O)CCN(c2ccc3ccccc3n2)CC1. The molecule has 4 rings (SSSR count). The number of anilines is 1. The van der Waals surface area contributed by atoms with Gasteiger partial charge >= 0.3 is 5.97 Å². The van der Waals surface area contributed by atoms with Crippen LogP contribution < -0.4 is 4.90 Å². The Labute approximate surface area is 145 Å². The van der Waals surface area contributed by atoms with Crippen molar-refractivity contribution in [2.75, 3.05) is 18.0 Å². The van der Waals surface area contributed by atoms with E-state index in [1.165, 1.54) is 0 Å². The number of carbonyl (C=O) groups is 1. The Balaban J connectivity index is 1.61. The molecule has 0 spiro atoms. The lowest BCUT2D eigenvalue weighted by Gasteiger charge is -2.40. The molecule has 0 saturated carbocycles. The van der Waals surface area contributed by atoms with Crippen LogP contribution >= 0.6 is 0 Å². The maximum absolute atomic E-state index is 12.1. The Hall–Kier alpha value is -2.89. The number of aryl methyl sites for hydroxylation is 1. The number of rotatable bonds is 3. The number of hydrogen-bond acceptors (Lipinski definition) is 4. The Morgan fingerprint density at radius 1 is 1.16 bits per heavy atom. The topological polar surface area (TPSA) is 71.2 Å². The summed E-state index contributed by atoms with van der Waals surface area (Å²) in [4.78, 5) is 23.2. The van der Waals surface area contributed by atoms with Crippen LogP contribution in [0, 0.1) is 6.92 Å². The van der Waals surface area contributed by atoms with Crippen LogP contribution in [0.3, 0.4) is 0 Å². The maximum atomic E-state index is 12.1. The van der Waals surface area contributed by atoms with Crippen LogP contribution in [0.5, 0.6) is 0 Å². The Morgan fingerprint density at radius 2 is 1.92 bits per heavy atom. The molecule has 2 aromatic heterocycles. The van der Waals surface area contributed by atoms with Crippen molar-refractivity contribution < 1.29 is 9.90 Å². The van der Waals surface area contributed by atoms with E-state index < -0.39 is 11.5 Å². The molecule has 0 amide bonds. The average molecular weight is 336 g/mol. The number of nitrogens with zero attached hydrogens (tertiary/aromatic N) is 4. The lowest BCUT2D eigenvalue weighted by atomic mass is 9.87. The third-order valence-corrected chi connectivity index (χ3v) is 5.18. The second-order valence-electron chi connectivity index (χ2n) is 6.53. The highest BCUT2D eigenvalue weighted by Crippen LogP contribution is 2.33. The van der Waals surface area contributed by atoms with Crippen molar-refractivity contribution in [1.29, 1.82) is 0 Å². The first-order valence-corrected chi connectivity index (χ1v) is 8.45. The second kappa shape index (κ2) is 5.88. The first-order valence-electron chi connectivity index (χ1n) is 8.45. The van der Waals surface area contributed by atoms with E-state index in [0.717, 1.165) is 22.5 Å². The van der Waals surface area contributed by atoms with Gasteiger partial charge in [-0.15, -0.1) is 0 Å². The molecule has 1 aliphatic heterocycles. The number of hydrogen-bond donors (Lipinski definition) is 1. The van der Waals surface area contributed by atoms with Crippen molar-refractivity contribution in [3.05, 3.63) is 54.6 Å². The zero-order valence-corrected chi connectivity index (χ0v) is 14.1. The minimum absolute atomic E-state index is 0.522. The highest BCUT2D eigenvalue weighted by atomic mass is 16.4. The van der Waals surface area contributed by atoms with Crippen LogP contribution in [0.2, 0.25) is 0 Å². The molecule has 0 atom stereocenters. The molecule has 0 aliphatic carbocycles. The van der Waals surface area contributed by atoms with Gasteiger partial charge in [0.1, 0.15) is 17.2 Å². The normalized spacial score (nSPS) is 16.9. The Bertz CT molecular complexity index is 926. The first kappa shape index (κ1) is 15.6. The van der Waals surface area contributed by atoms with E-state index in [4.69, 9.17) is 4.98 Å². The highest BCUT2D eigenvalue weighted by molar-refractivity contribution is 5.80. The molecule has 6 nitrogen and oxygen atoms in total. The van der Waals surface area contributed by atoms with Crippen molar-refractivity contribution in [1.82, 2.24) is 14.5 Å². The number of aliphatic carboxylic acids is 1. The number of para-hydroxylation sites is 1. The fourth-order valence-electron chi connectivity index (χ4n) is 3.73. The predicted molar refractivity (Wildman–Crippen MR) is 95.8 cm³/mol. The quantitative estimate of drug-likeness (QED) is 0.796. The fraction of sp³-hybridized carbons (Fsp3) is 0.316. The molecule has 3 heterocycles. The number of benzene rings is 1. The Morgan fingerprint density at radius 3 is 2.60 bits per heavy atom. The van der Waals surface area contributed by atoms with E-state index in [-0.39, 0.29) is 0 Å². The van der Waals surface area contributed by atoms with Crippen LogP contribution in [-0.2, 0) is 10.3 Å². The molecule has 3 aromatic rings. The zero-order valence-electron chi connectivity index (χ0n) is 14.1. The number of carboxylic acid groups (broad SMARTS) is 1. The van der Waals surface area contributed by atoms with Gasteiger partial charge in [0.25, 0.3) is 0 Å². The second-order valence-corrected chi connectivity index (χ2v) is 6.53.